The van der Waals surface area contributed by atoms with Gasteiger partial charge in [-0.15, -0.1) is 0 Å². The average molecular weight is 291 g/mol. The van der Waals surface area contributed by atoms with E-state index in [-0.39, 0.29) is 6.61 Å². The molecule has 0 radical (unpaired) electrons. The van der Waals surface area contributed by atoms with Gasteiger partial charge in [0.15, 0.2) is 0 Å². The smallest absolute Gasteiger partial charge is 0.0606 e. The lowest BCUT2D eigenvalue weighted by molar-refractivity contribution is 0.217. The molecular weight excluding hydrogens is 262 g/mol. The van der Waals surface area contributed by atoms with Gasteiger partial charge in [-0.25, -0.2) is 0 Å². The summed E-state index contributed by atoms with van der Waals surface area (Å²) in [6.07, 6.45) is 2.64. The minimum Gasteiger partial charge on any atom is -0.395 e. The number of nitrogens with zero attached hydrogens (tertiary/aromatic N) is 2. The van der Waals surface area contributed by atoms with Gasteiger partial charge in [0, 0.05) is 37.6 Å². The van der Waals surface area contributed by atoms with E-state index >= 15 is 0 Å². The van der Waals surface area contributed by atoms with Crippen LogP contribution in [0.2, 0.25) is 0 Å². The van der Waals surface area contributed by atoms with Crippen molar-refractivity contribution < 1.29 is 5.11 Å². The van der Waals surface area contributed by atoms with Crippen LogP contribution in [-0.2, 0) is 0 Å². The molecule has 1 aromatic carbocycles. The van der Waals surface area contributed by atoms with Gasteiger partial charge in [-0.05, 0) is 63.5 Å². The SMILES string of the molecule is CCN(CCO)c1ccc(NCC2CCCN(C)C2)cc1. The first-order chi connectivity index (χ1) is 10.2. The predicted molar refractivity (Wildman–Crippen MR) is 90.1 cm³/mol. The topological polar surface area (TPSA) is 38.7 Å². The molecule has 1 heterocycles. The van der Waals surface area contributed by atoms with Crippen molar-refractivity contribution in [2.75, 3.05) is 56.6 Å². The van der Waals surface area contributed by atoms with Crippen molar-refractivity contribution in [3.05, 3.63) is 24.3 Å². The minimum absolute atomic E-state index is 0.197. The number of aliphatic hydroxyl groups excluding tert-OH is 1. The summed E-state index contributed by atoms with van der Waals surface area (Å²) in [7, 11) is 2.21. The van der Waals surface area contributed by atoms with Crippen LogP contribution in [0.4, 0.5) is 11.4 Å². The number of nitrogens with one attached hydrogen (secondary N) is 1. The fraction of sp³-hybridized carbons (Fsp3) is 0.647. The molecule has 1 saturated heterocycles. The first-order valence-corrected chi connectivity index (χ1v) is 8.11. The Morgan fingerprint density at radius 2 is 2.10 bits per heavy atom. The molecule has 0 amide bonds. The van der Waals surface area contributed by atoms with Crippen LogP contribution in [0, 0.1) is 5.92 Å². The molecule has 0 spiro atoms. The Bertz CT molecular complexity index is 407. The third kappa shape index (κ3) is 4.90. The van der Waals surface area contributed by atoms with Crippen LogP contribution in [0.5, 0.6) is 0 Å². The summed E-state index contributed by atoms with van der Waals surface area (Å²) >= 11 is 0. The van der Waals surface area contributed by atoms with Crippen LogP contribution in [0.3, 0.4) is 0 Å². The molecule has 2 rings (SSSR count). The molecule has 2 N–H and O–H groups in total. The molecule has 0 bridgehead atoms. The van der Waals surface area contributed by atoms with Crippen molar-refractivity contribution in [3.8, 4) is 0 Å². The highest BCUT2D eigenvalue weighted by Crippen LogP contribution is 2.20. The highest BCUT2D eigenvalue weighted by atomic mass is 16.3. The van der Waals surface area contributed by atoms with E-state index in [2.05, 4.69) is 53.4 Å². The largest absolute Gasteiger partial charge is 0.395 e. The Hall–Kier alpha value is -1.26. The van der Waals surface area contributed by atoms with Gasteiger partial charge in [0.05, 0.1) is 6.61 Å². The zero-order valence-corrected chi connectivity index (χ0v) is 13.4. The highest BCUT2D eigenvalue weighted by Gasteiger charge is 2.16. The highest BCUT2D eigenvalue weighted by molar-refractivity contribution is 5.55. The predicted octanol–water partition coefficient (Wildman–Crippen LogP) is 2.26. The zero-order chi connectivity index (χ0) is 15.1. The van der Waals surface area contributed by atoms with Crippen LogP contribution in [0.25, 0.3) is 0 Å². The van der Waals surface area contributed by atoms with Gasteiger partial charge >= 0.3 is 0 Å². The molecule has 0 saturated carbocycles. The first kappa shape index (κ1) is 16.1. The summed E-state index contributed by atoms with van der Waals surface area (Å²) in [5, 5.41) is 12.6. The summed E-state index contributed by atoms with van der Waals surface area (Å²) in [4.78, 5) is 4.60. The molecule has 1 aromatic rings. The Morgan fingerprint density at radius 1 is 1.33 bits per heavy atom. The molecule has 1 atom stereocenters. The Morgan fingerprint density at radius 3 is 2.71 bits per heavy atom. The quantitative estimate of drug-likeness (QED) is 0.808. The average Bonchev–Trinajstić information content (AvgIpc) is 2.51. The van der Waals surface area contributed by atoms with Crippen molar-refractivity contribution >= 4 is 11.4 Å². The lowest BCUT2D eigenvalue weighted by Gasteiger charge is -2.30. The number of hydrogen-bond acceptors (Lipinski definition) is 4. The van der Waals surface area contributed by atoms with E-state index < -0.39 is 0 Å². The van der Waals surface area contributed by atoms with E-state index in [9.17, 15) is 0 Å². The maximum atomic E-state index is 9.08. The number of likely N-dealkylation sites (N-methyl/N-ethyl adjacent to an activating group) is 1. The second-order valence-electron chi connectivity index (χ2n) is 6.00. The maximum Gasteiger partial charge on any atom is 0.0606 e. The van der Waals surface area contributed by atoms with Crippen molar-refractivity contribution in [3.63, 3.8) is 0 Å². The van der Waals surface area contributed by atoms with Crippen LogP contribution >= 0.6 is 0 Å². The molecule has 1 aliphatic rings. The van der Waals surface area contributed by atoms with Crippen LogP contribution < -0.4 is 10.2 Å². The van der Waals surface area contributed by atoms with Crippen LogP contribution in [-0.4, -0.2) is 56.4 Å². The molecule has 4 heteroatoms. The third-order valence-corrected chi connectivity index (χ3v) is 4.30. The lowest BCUT2D eigenvalue weighted by Crippen LogP contribution is -2.35. The fourth-order valence-electron chi connectivity index (χ4n) is 3.08. The van der Waals surface area contributed by atoms with Gasteiger partial charge in [-0.1, -0.05) is 0 Å². The molecule has 1 fully saturated rings. The van der Waals surface area contributed by atoms with E-state index in [4.69, 9.17) is 5.11 Å². The third-order valence-electron chi connectivity index (χ3n) is 4.30. The number of piperidine rings is 1. The summed E-state index contributed by atoms with van der Waals surface area (Å²) in [5.74, 6) is 0.755. The molecule has 21 heavy (non-hydrogen) atoms. The minimum atomic E-state index is 0.197. The normalized spacial score (nSPS) is 19.5. The zero-order valence-electron chi connectivity index (χ0n) is 13.4. The van der Waals surface area contributed by atoms with E-state index in [0.717, 1.165) is 19.0 Å². The van der Waals surface area contributed by atoms with Gasteiger partial charge < -0.3 is 20.2 Å². The van der Waals surface area contributed by atoms with Gasteiger partial charge in [-0.2, -0.15) is 0 Å². The van der Waals surface area contributed by atoms with Crippen LogP contribution in [0.1, 0.15) is 19.8 Å². The van der Waals surface area contributed by atoms with E-state index in [0.29, 0.717) is 6.54 Å². The Kier molecular flexibility index (Phi) is 6.33. The second-order valence-corrected chi connectivity index (χ2v) is 6.00. The van der Waals surface area contributed by atoms with Gasteiger partial charge in [0.1, 0.15) is 0 Å². The standard InChI is InChI=1S/C17H29N3O/c1-3-20(11-12-21)17-8-6-16(7-9-17)18-13-15-5-4-10-19(2)14-15/h6-9,15,18,21H,3-5,10-14H2,1-2H3. The van der Waals surface area contributed by atoms with E-state index in [1.54, 1.807) is 0 Å². The van der Waals surface area contributed by atoms with Crippen molar-refractivity contribution in [2.45, 2.75) is 19.8 Å². The monoisotopic (exact) mass is 291 g/mol. The molecule has 1 unspecified atom stereocenters. The number of benzene rings is 1. The number of aliphatic hydroxyl groups is 1. The van der Waals surface area contributed by atoms with Crippen molar-refractivity contribution in [1.82, 2.24) is 4.90 Å². The number of rotatable bonds is 7. The molecular formula is C17H29N3O. The second kappa shape index (κ2) is 8.25. The Labute approximate surface area is 128 Å². The van der Waals surface area contributed by atoms with E-state index in [1.165, 1.54) is 37.3 Å². The lowest BCUT2D eigenvalue weighted by atomic mass is 9.98. The van der Waals surface area contributed by atoms with Gasteiger partial charge in [0.25, 0.3) is 0 Å². The maximum absolute atomic E-state index is 9.08. The van der Waals surface area contributed by atoms with Crippen LogP contribution in [0.15, 0.2) is 24.3 Å². The molecule has 0 aliphatic carbocycles. The molecule has 0 aromatic heterocycles. The number of anilines is 2. The fourth-order valence-corrected chi connectivity index (χ4v) is 3.08. The van der Waals surface area contributed by atoms with Gasteiger partial charge in [-0.3, -0.25) is 0 Å². The number of likely N-dealkylation sites (tertiary alicyclic amines) is 1. The van der Waals surface area contributed by atoms with Crippen molar-refractivity contribution in [1.29, 1.82) is 0 Å². The van der Waals surface area contributed by atoms with Gasteiger partial charge in [0.2, 0.25) is 0 Å². The molecule has 118 valence electrons. The Balaban J connectivity index is 1.84. The summed E-state index contributed by atoms with van der Waals surface area (Å²) in [6, 6.07) is 8.55. The summed E-state index contributed by atoms with van der Waals surface area (Å²) < 4.78 is 0. The summed E-state index contributed by atoms with van der Waals surface area (Å²) in [5.41, 5.74) is 2.36. The summed E-state index contributed by atoms with van der Waals surface area (Å²) in [6.45, 7) is 7.41. The number of hydrogen-bond donors (Lipinski definition) is 2. The first-order valence-electron chi connectivity index (χ1n) is 8.11. The van der Waals surface area contributed by atoms with E-state index in [1.807, 2.05) is 0 Å². The van der Waals surface area contributed by atoms with Crippen molar-refractivity contribution in [2.24, 2.45) is 5.92 Å². The molecule has 4 nitrogen and oxygen atoms in total. The molecule has 1 aliphatic heterocycles.